The molecular formula is C24H35ClN6O5. The van der Waals surface area contributed by atoms with Gasteiger partial charge in [-0.2, -0.15) is 0 Å². The van der Waals surface area contributed by atoms with Crippen LogP contribution in [-0.4, -0.2) is 68.6 Å². The molecule has 1 fully saturated rings. The van der Waals surface area contributed by atoms with Gasteiger partial charge >= 0.3 is 18.2 Å². The number of amides is 2. The number of piperazine rings is 1. The number of anilines is 2. The molecule has 0 radical (unpaired) electrons. The van der Waals surface area contributed by atoms with E-state index in [2.05, 4.69) is 25.7 Å². The quantitative estimate of drug-likeness (QED) is 0.462. The summed E-state index contributed by atoms with van der Waals surface area (Å²) in [6.45, 7) is 13.5. The maximum atomic E-state index is 12.2. The zero-order chi connectivity index (χ0) is 26.6. The first-order chi connectivity index (χ1) is 16.9. The molecule has 12 heteroatoms. The highest BCUT2D eigenvalue weighted by atomic mass is 35.5. The number of nitrogens with zero attached hydrogens (tertiary/aromatic N) is 4. The first-order valence-corrected chi connectivity index (χ1v) is 12.3. The van der Waals surface area contributed by atoms with Gasteiger partial charge < -0.3 is 29.8 Å². The third kappa shape index (κ3) is 7.23. The molecule has 2 heterocycles. The van der Waals surface area contributed by atoms with Gasteiger partial charge in [-0.25, -0.2) is 9.59 Å². The number of carboxylic acid groups (broad SMARTS) is 1. The standard InChI is InChI=1S/C24H35ClN6O5/c1-7-18(27-22(32)36-24(4,5)6)20-28-29-21(35-20)26-19-11-17(25)10-16(15(19)3)13-30-8-9-31(23(33)34)14(2)12-30/h10-11,14,18H,7-9,12-13H2,1-6H3,(H,26,29)(H,27,32)(H,33,34)/t14-,18?/m0/s1. The van der Waals surface area contributed by atoms with Gasteiger partial charge in [0.15, 0.2) is 0 Å². The summed E-state index contributed by atoms with van der Waals surface area (Å²) < 4.78 is 11.1. The predicted octanol–water partition coefficient (Wildman–Crippen LogP) is 4.93. The summed E-state index contributed by atoms with van der Waals surface area (Å²) in [5.74, 6) is 0.260. The Bertz CT molecular complexity index is 1090. The fraction of sp³-hybridized carbons (Fsp3) is 0.583. The maximum absolute atomic E-state index is 12.2. The number of ether oxygens (including phenoxy) is 1. The average Bonchev–Trinajstić information content (AvgIpc) is 3.22. The van der Waals surface area contributed by atoms with Crippen molar-refractivity contribution >= 4 is 35.5 Å². The molecule has 1 saturated heterocycles. The van der Waals surface area contributed by atoms with Crippen molar-refractivity contribution in [3.63, 3.8) is 0 Å². The van der Waals surface area contributed by atoms with Gasteiger partial charge in [-0.3, -0.25) is 4.90 Å². The lowest BCUT2D eigenvalue weighted by Crippen LogP contribution is -2.53. The molecule has 0 saturated carbocycles. The third-order valence-electron chi connectivity index (χ3n) is 5.91. The van der Waals surface area contributed by atoms with E-state index in [1.807, 2.05) is 26.8 Å². The third-order valence-corrected chi connectivity index (χ3v) is 6.13. The van der Waals surface area contributed by atoms with E-state index in [0.29, 0.717) is 37.6 Å². The summed E-state index contributed by atoms with van der Waals surface area (Å²) in [6.07, 6.45) is -0.914. The molecule has 0 bridgehead atoms. The molecule has 2 aromatic rings. The van der Waals surface area contributed by atoms with Gasteiger partial charge in [0.2, 0.25) is 5.89 Å². The Morgan fingerprint density at radius 2 is 2.03 bits per heavy atom. The van der Waals surface area contributed by atoms with Crippen molar-refractivity contribution in [2.24, 2.45) is 0 Å². The molecule has 1 aromatic carbocycles. The Balaban J connectivity index is 1.70. The minimum absolute atomic E-state index is 0.0917. The van der Waals surface area contributed by atoms with Crippen molar-refractivity contribution in [3.05, 3.63) is 34.2 Å². The van der Waals surface area contributed by atoms with Gasteiger partial charge in [0.25, 0.3) is 0 Å². The average molecular weight is 523 g/mol. The predicted molar refractivity (Wildman–Crippen MR) is 136 cm³/mol. The zero-order valence-electron chi connectivity index (χ0n) is 21.6. The van der Waals surface area contributed by atoms with Crippen LogP contribution in [0.5, 0.6) is 0 Å². The van der Waals surface area contributed by atoms with Crippen molar-refractivity contribution < 1.29 is 23.8 Å². The molecule has 1 aromatic heterocycles. The number of nitrogens with one attached hydrogen (secondary N) is 2. The van der Waals surface area contributed by atoms with Crippen LogP contribution in [0.3, 0.4) is 0 Å². The van der Waals surface area contributed by atoms with Gasteiger partial charge in [-0.15, -0.1) is 5.10 Å². The molecule has 1 aliphatic rings. The number of hydrogen-bond donors (Lipinski definition) is 3. The smallest absolute Gasteiger partial charge is 0.408 e. The number of benzene rings is 1. The van der Waals surface area contributed by atoms with Crippen LogP contribution in [0, 0.1) is 6.92 Å². The first kappa shape index (κ1) is 27.5. The van der Waals surface area contributed by atoms with E-state index in [4.69, 9.17) is 20.8 Å². The fourth-order valence-electron chi connectivity index (χ4n) is 4.06. The fourth-order valence-corrected chi connectivity index (χ4v) is 4.30. The number of carbonyl (C=O) groups is 2. The molecule has 198 valence electrons. The SMILES string of the molecule is CCC(NC(=O)OC(C)(C)C)c1nnc(Nc2cc(Cl)cc(CN3CCN(C(=O)O)[C@@H](C)C3)c2C)o1. The number of alkyl carbamates (subject to hydrolysis) is 1. The maximum Gasteiger partial charge on any atom is 0.408 e. The van der Waals surface area contributed by atoms with Crippen molar-refractivity contribution in [2.45, 2.75) is 72.2 Å². The van der Waals surface area contributed by atoms with E-state index >= 15 is 0 Å². The second-order valence-electron chi connectivity index (χ2n) is 9.98. The molecule has 11 nitrogen and oxygen atoms in total. The monoisotopic (exact) mass is 522 g/mol. The van der Waals surface area contributed by atoms with E-state index in [-0.39, 0.29) is 17.9 Å². The summed E-state index contributed by atoms with van der Waals surface area (Å²) in [4.78, 5) is 27.2. The minimum atomic E-state index is -0.891. The molecule has 3 N–H and O–H groups in total. The molecule has 0 spiro atoms. The second-order valence-corrected chi connectivity index (χ2v) is 10.4. The van der Waals surface area contributed by atoms with Crippen LogP contribution >= 0.6 is 11.6 Å². The number of carbonyl (C=O) groups excluding carboxylic acids is 1. The van der Waals surface area contributed by atoms with Gasteiger partial charge in [-0.05, 0) is 64.3 Å². The number of rotatable bonds is 7. The van der Waals surface area contributed by atoms with Crippen LogP contribution in [0.15, 0.2) is 16.5 Å². The van der Waals surface area contributed by atoms with Crippen LogP contribution in [0.25, 0.3) is 0 Å². The molecule has 0 aliphatic carbocycles. The molecular weight excluding hydrogens is 488 g/mol. The topological polar surface area (TPSA) is 133 Å². The summed E-state index contributed by atoms with van der Waals surface area (Å²) in [6, 6.07) is 3.28. The summed E-state index contributed by atoms with van der Waals surface area (Å²) in [5.41, 5.74) is 2.08. The summed E-state index contributed by atoms with van der Waals surface area (Å²) >= 11 is 6.41. The zero-order valence-corrected chi connectivity index (χ0v) is 22.3. The van der Waals surface area contributed by atoms with E-state index in [0.717, 1.165) is 16.8 Å². The van der Waals surface area contributed by atoms with E-state index in [9.17, 15) is 14.7 Å². The highest BCUT2D eigenvalue weighted by molar-refractivity contribution is 6.31. The Kier molecular flexibility index (Phi) is 8.67. The van der Waals surface area contributed by atoms with Crippen LogP contribution < -0.4 is 10.6 Å². The molecule has 1 unspecified atom stereocenters. The molecule has 2 amide bonds. The van der Waals surface area contributed by atoms with Gasteiger partial charge in [-0.1, -0.05) is 23.6 Å². The van der Waals surface area contributed by atoms with Crippen molar-refractivity contribution in [3.8, 4) is 0 Å². The van der Waals surface area contributed by atoms with Crippen LogP contribution in [0.2, 0.25) is 5.02 Å². The van der Waals surface area contributed by atoms with Gasteiger partial charge in [0.05, 0.1) is 0 Å². The largest absolute Gasteiger partial charge is 0.465 e. The van der Waals surface area contributed by atoms with E-state index < -0.39 is 23.8 Å². The Morgan fingerprint density at radius 3 is 2.64 bits per heavy atom. The van der Waals surface area contributed by atoms with E-state index in [1.54, 1.807) is 26.8 Å². The Morgan fingerprint density at radius 1 is 1.31 bits per heavy atom. The van der Waals surface area contributed by atoms with Crippen LogP contribution in [-0.2, 0) is 11.3 Å². The number of hydrogen-bond acceptors (Lipinski definition) is 8. The summed E-state index contributed by atoms with van der Waals surface area (Å²) in [5, 5.41) is 23.9. The van der Waals surface area contributed by atoms with E-state index in [1.165, 1.54) is 4.90 Å². The number of aromatic nitrogens is 2. The lowest BCUT2D eigenvalue weighted by molar-refractivity contribution is 0.0494. The lowest BCUT2D eigenvalue weighted by Gasteiger charge is -2.38. The molecule has 36 heavy (non-hydrogen) atoms. The Hall–Kier alpha value is -3.05. The first-order valence-electron chi connectivity index (χ1n) is 12.0. The molecule has 1 aliphatic heterocycles. The Labute approximate surface area is 216 Å². The van der Waals surface area contributed by atoms with Crippen LogP contribution in [0.1, 0.15) is 64.1 Å². The lowest BCUT2D eigenvalue weighted by atomic mass is 10.0. The second kappa shape index (κ2) is 11.3. The van der Waals surface area contributed by atoms with Crippen molar-refractivity contribution in [1.29, 1.82) is 0 Å². The molecule has 2 atom stereocenters. The molecule has 3 rings (SSSR count). The summed E-state index contributed by atoms with van der Waals surface area (Å²) in [7, 11) is 0. The van der Waals surface area contributed by atoms with Crippen molar-refractivity contribution in [1.82, 2.24) is 25.3 Å². The minimum Gasteiger partial charge on any atom is -0.465 e. The number of halogens is 1. The highest BCUT2D eigenvalue weighted by Crippen LogP contribution is 2.29. The highest BCUT2D eigenvalue weighted by Gasteiger charge is 2.28. The normalized spacial score (nSPS) is 17.5. The van der Waals surface area contributed by atoms with Crippen molar-refractivity contribution in [2.75, 3.05) is 25.0 Å². The van der Waals surface area contributed by atoms with Gasteiger partial charge in [0, 0.05) is 42.9 Å². The van der Waals surface area contributed by atoms with Gasteiger partial charge in [0.1, 0.15) is 11.6 Å². The van der Waals surface area contributed by atoms with Crippen LogP contribution in [0.4, 0.5) is 21.3 Å².